The summed E-state index contributed by atoms with van der Waals surface area (Å²) in [6, 6.07) is 1.62. The molecule has 8 heavy (non-hydrogen) atoms. The molecular weight excluding hydrogens is 100 g/mol. The van der Waals surface area contributed by atoms with E-state index in [1.807, 2.05) is 0 Å². The molecule has 0 bridgehead atoms. The third-order valence-corrected chi connectivity index (χ3v) is 2.35. The van der Waals surface area contributed by atoms with E-state index in [0.717, 1.165) is 18.0 Å². The van der Waals surface area contributed by atoms with Gasteiger partial charge in [-0.2, -0.15) is 0 Å². The van der Waals surface area contributed by atoms with Gasteiger partial charge in [-0.05, 0) is 19.3 Å². The van der Waals surface area contributed by atoms with Crippen LogP contribution in [0.25, 0.3) is 0 Å². The van der Waals surface area contributed by atoms with Crippen molar-refractivity contribution < 1.29 is 0 Å². The SMILES string of the molecule is C[C@H]1NN(C)C2CC21. The summed E-state index contributed by atoms with van der Waals surface area (Å²) in [5, 5.41) is 2.25. The Hall–Kier alpha value is -0.0800. The smallest absolute Gasteiger partial charge is 0.0288 e. The van der Waals surface area contributed by atoms with E-state index in [4.69, 9.17) is 0 Å². The van der Waals surface area contributed by atoms with Crippen LogP contribution < -0.4 is 5.43 Å². The Kier molecular flexibility index (Phi) is 0.746. The first kappa shape index (κ1) is 4.77. The fraction of sp³-hybridized carbons (Fsp3) is 1.00. The lowest BCUT2D eigenvalue weighted by Crippen LogP contribution is -2.35. The van der Waals surface area contributed by atoms with Crippen molar-refractivity contribution in [2.45, 2.75) is 25.4 Å². The maximum atomic E-state index is 3.35. The molecule has 0 aromatic heterocycles. The molecule has 0 radical (unpaired) electrons. The monoisotopic (exact) mass is 112 g/mol. The van der Waals surface area contributed by atoms with Crippen molar-refractivity contribution in [1.29, 1.82) is 0 Å². The summed E-state index contributed by atoms with van der Waals surface area (Å²) in [6.45, 7) is 2.26. The molecule has 2 fully saturated rings. The number of rotatable bonds is 0. The average Bonchev–Trinajstić information content (AvgIpc) is 2.35. The number of nitrogens with one attached hydrogen (secondary N) is 1. The van der Waals surface area contributed by atoms with E-state index in [0.29, 0.717) is 0 Å². The van der Waals surface area contributed by atoms with Gasteiger partial charge >= 0.3 is 0 Å². The van der Waals surface area contributed by atoms with Gasteiger partial charge in [0.2, 0.25) is 0 Å². The van der Waals surface area contributed by atoms with E-state index < -0.39 is 0 Å². The average molecular weight is 112 g/mol. The Morgan fingerprint density at radius 2 is 2.38 bits per heavy atom. The van der Waals surface area contributed by atoms with E-state index in [1.165, 1.54) is 6.42 Å². The van der Waals surface area contributed by atoms with Crippen molar-refractivity contribution in [2.24, 2.45) is 5.92 Å². The van der Waals surface area contributed by atoms with Crippen molar-refractivity contribution in [1.82, 2.24) is 10.4 Å². The molecule has 0 spiro atoms. The molecule has 2 heteroatoms. The zero-order valence-corrected chi connectivity index (χ0v) is 5.39. The first-order valence-electron chi connectivity index (χ1n) is 3.28. The van der Waals surface area contributed by atoms with Crippen LogP contribution in [-0.4, -0.2) is 24.1 Å². The highest BCUT2D eigenvalue weighted by atomic mass is 15.6. The minimum atomic E-state index is 0.741. The number of hydrogen-bond donors (Lipinski definition) is 1. The Morgan fingerprint density at radius 1 is 1.62 bits per heavy atom. The van der Waals surface area contributed by atoms with Gasteiger partial charge in [0.1, 0.15) is 0 Å². The van der Waals surface area contributed by atoms with E-state index in [1.54, 1.807) is 0 Å². The Bertz CT molecular complexity index is 97.1. The third-order valence-electron chi connectivity index (χ3n) is 2.35. The number of fused-ring (bicyclic) bond motifs is 1. The van der Waals surface area contributed by atoms with Gasteiger partial charge in [-0.15, -0.1) is 0 Å². The largest absolute Gasteiger partial charge is 0.252 e. The van der Waals surface area contributed by atoms with Gasteiger partial charge in [-0.1, -0.05) is 0 Å². The van der Waals surface area contributed by atoms with Crippen LogP contribution in [0.2, 0.25) is 0 Å². The van der Waals surface area contributed by atoms with E-state index in [2.05, 4.69) is 24.4 Å². The van der Waals surface area contributed by atoms with Gasteiger partial charge in [0.15, 0.2) is 0 Å². The minimum absolute atomic E-state index is 0.741. The van der Waals surface area contributed by atoms with Gasteiger partial charge in [0.25, 0.3) is 0 Å². The molecule has 1 aliphatic heterocycles. The molecule has 1 heterocycles. The Balaban J connectivity index is 2.09. The van der Waals surface area contributed by atoms with Gasteiger partial charge in [0.05, 0.1) is 0 Å². The number of hydrogen-bond acceptors (Lipinski definition) is 2. The highest BCUT2D eigenvalue weighted by Crippen LogP contribution is 2.41. The Labute approximate surface area is 49.8 Å². The van der Waals surface area contributed by atoms with Crippen molar-refractivity contribution in [2.75, 3.05) is 7.05 Å². The predicted molar refractivity (Wildman–Crippen MR) is 32.3 cm³/mol. The molecular formula is C6H12N2. The van der Waals surface area contributed by atoms with Crippen LogP contribution in [0.3, 0.4) is 0 Å². The summed E-state index contributed by atoms with van der Waals surface area (Å²) < 4.78 is 0. The summed E-state index contributed by atoms with van der Waals surface area (Å²) in [5.41, 5.74) is 3.35. The molecule has 3 atom stereocenters. The molecule has 1 saturated heterocycles. The maximum absolute atomic E-state index is 3.35. The van der Waals surface area contributed by atoms with Crippen LogP contribution in [0.5, 0.6) is 0 Å². The number of nitrogens with zero attached hydrogens (tertiary/aromatic N) is 1. The highest BCUT2D eigenvalue weighted by molar-refractivity contribution is 5.03. The lowest BCUT2D eigenvalue weighted by atomic mass is 10.2. The summed E-state index contributed by atoms with van der Waals surface area (Å²) in [4.78, 5) is 0. The quantitative estimate of drug-likeness (QED) is 0.482. The predicted octanol–water partition coefficient (Wildman–Crippen LogP) is 0.213. The van der Waals surface area contributed by atoms with Crippen LogP contribution in [-0.2, 0) is 0 Å². The van der Waals surface area contributed by atoms with Crippen molar-refractivity contribution >= 4 is 0 Å². The molecule has 0 aromatic carbocycles. The summed E-state index contributed by atoms with van der Waals surface area (Å²) >= 11 is 0. The summed E-state index contributed by atoms with van der Waals surface area (Å²) in [5.74, 6) is 0.972. The summed E-state index contributed by atoms with van der Waals surface area (Å²) in [6.07, 6.45) is 1.42. The first-order valence-corrected chi connectivity index (χ1v) is 3.28. The van der Waals surface area contributed by atoms with E-state index >= 15 is 0 Å². The third kappa shape index (κ3) is 0.446. The van der Waals surface area contributed by atoms with E-state index in [-0.39, 0.29) is 0 Å². The standard InChI is InChI=1S/C6H12N2/c1-4-5-3-6(5)8(2)7-4/h4-7H,3H2,1-2H3/t4-,5?,6?/m1/s1. The van der Waals surface area contributed by atoms with Crippen LogP contribution in [0.15, 0.2) is 0 Å². The maximum Gasteiger partial charge on any atom is 0.0288 e. The Morgan fingerprint density at radius 3 is 2.50 bits per heavy atom. The molecule has 2 nitrogen and oxygen atoms in total. The molecule has 2 unspecified atom stereocenters. The second kappa shape index (κ2) is 1.25. The molecule has 0 amide bonds. The zero-order chi connectivity index (χ0) is 5.72. The van der Waals surface area contributed by atoms with Crippen LogP contribution in [0, 0.1) is 5.92 Å². The molecule has 1 aliphatic carbocycles. The second-order valence-electron chi connectivity index (χ2n) is 3.00. The van der Waals surface area contributed by atoms with Crippen LogP contribution in [0.4, 0.5) is 0 Å². The van der Waals surface area contributed by atoms with Crippen LogP contribution in [0.1, 0.15) is 13.3 Å². The lowest BCUT2D eigenvalue weighted by molar-refractivity contribution is 0.249. The van der Waals surface area contributed by atoms with Crippen molar-refractivity contribution in [3.63, 3.8) is 0 Å². The van der Waals surface area contributed by atoms with Crippen LogP contribution >= 0.6 is 0 Å². The second-order valence-corrected chi connectivity index (χ2v) is 3.00. The topological polar surface area (TPSA) is 15.3 Å². The minimum Gasteiger partial charge on any atom is -0.252 e. The zero-order valence-electron chi connectivity index (χ0n) is 5.39. The molecule has 1 N–H and O–H groups in total. The fourth-order valence-electron chi connectivity index (χ4n) is 1.70. The van der Waals surface area contributed by atoms with Gasteiger partial charge < -0.3 is 0 Å². The number of hydrazine groups is 1. The van der Waals surface area contributed by atoms with Gasteiger partial charge in [0, 0.05) is 19.1 Å². The first-order chi connectivity index (χ1) is 3.79. The normalized spacial score (nSPS) is 54.0. The molecule has 2 rings (SSSR count). The van der Waals surface area contributed by atoms with E-state index in [9.17, 15) is 0 Å². The fourth-order valence-corrected chi connectivity index (χ4v) is 1.70. The molecule has 2 aliphatic rings. The molecule has 1 saturated carbocycles. The van der Waals surface area contributed by atoms with Gasteiger partial charge in [-0.25, -0.2) is 5.01 Å². The van der Waals surface area contributed by atoms with Crippen molar-refractivity contribution in [3.05, 3.63) is 0 Å². The summed E-state index contributed by atoms with van der Waals surface area (Å²) in [7, 11) is 2.13. The molecule has 46 valence electrons. The lowest BCUT2D eigenvalue weighted by Gasteiger charge is -2.13. The van der Waals surface area contributed by atoms with Crippen molar-refractivity contribution in [3.8, 4) is 0 Å². The highest BCUT2D eigenvalue weighted by Gasteiger charge is 2.49. The molecule has 0 aromatic rings. The van der Waals surface area contributed by atoms with Gasteiger partial charge in [-0.3, -0.25) is 5.43 Å².